The number of carbonyl (C=O) groups excluding carboxylic acids is 2. The molecule has 0 rings (SSSR count). The summed E-state index contributed by atoms with van der Waals surface area (Å²) >= 11 is 4.10. The molecule has 0 spiro atoms. The second-order valence-electron chi connectivity index (χ2n) is 3.40. The predicted octanol–water partition coefficient (Wildman–Crippen LogP) is -0.200. The van der Waals surface area contributed by atoms with Crippen molar-refractivity contribution in [2.24, 2.45) is 0 Å². The van der Waals surface area contributed by atoms with Crippen molar-refractivity contribution >= 4 is 24.8 Å². The molecule has 15 heavy (non-hydrogen) atoms. The molecule has 0 aromatic rings. The van der Waals surface area contributed by atoms with Crippen LogP contribution in [0.2, 0.25) is 0 Å². The molecule has 2 unspecified atom stereocenters. The number of hydrogen-bond donors (Lipinski definition) is 1. The molecule has 0 fully saturated rings. The second-order valence-corrected chi connectivity index (χ2v) is 3.77. The van der Waals surface area contributed by atoms with Crippen molar-refractivity contribution in [1.82, 2.24) is 9.80 Å². The van der Waals surface area contributed by atoms with E-state index in [0.29, 0.717) is 5.75 Å². The van der Waals surface area contributed by atoms with E-state index in [1.165, 1.54) is 4.90 Å². The van der Waals surface area contributed by atoms with Crippen LogP contribution in [0.25, 0.3) is 0 Å². The molecule has 0 bridgehead atoms. The molecule has 0 saturated heterocycles. The summed E-state index contributed by atoms with van der Waals surface area (Å²) in [6, 6.07) is -0.802. The van der Waals surface area contributed by atoms with Crippen LogP contribution in [0.1, 0.15) is 6.92 Å². The molecular weight excluding hydrogens is 289 g/mol. The molecule has 4 nitrogen and oxygen atoms in total. The average Bonchev–Trinajstić information content (AvgIpc) is 2.15. The number of thiol groups is 1. The van der Waals surface area contributed by atoms with Crippen LogP contribution in [0.4, 0.5) is 0 Å². The fraction of sp³-hybridized carbons (Fsp3) is 0.778. The Labute approximate surface area is 122 Å². The van der Waals surface area contributed by atoms with Gasteiger partial charge in [0.2, 0.25) is 5.91 Å². The first-order valence-corrected chi connectivity index (χ1v) is 5.00. The molecule has 85 valence electrons. The minimum Gasteiger partial charge on any atom is -0.540 e. The van der Waals surface area contributed by atoms with E-state index in [-0.39, 0.29) is 44.7 Å². The van der Waals surface area contributed by atoms with Gasteiger partial charge in [0, 0.05) is 45.5 Å². The van der Waals surface area contributed by atoms with Gasteiger partial charge in [0.05, 0.1) is 6.04 Å². The molecule has 1 amide bonds. The largest absolute Gasteiger partial charge is 0.540 e. The molecule has 0 N–H and O–H groups in total. The molecule has 0 heterocycles. The topological polar surface area (TPSA) is 40.6 Å². The van der Waals surface area contributed by atoms with Gasteiger partial charge in [-0.15, -0.1) is 0 Å². The minimum atomic E-state index is -0.509. The molecule has 0 aromatic carbocycles. The smallest absolute Gasteiger partial charge is 0.238 e. The van der Waals surface area contributed by atoms with Gasteiger partial charge in [-0.1, -0.05) is 13.0 Å². The molecule has 6 heteroatoms. The number of likely N-dealkylation sites (N-methyl/N-ethyl adjacent to an activating group) is 2. The van der Waals surface area contributed by atoms with Crippen molar-refractivity contribution in [1.29, 1.82) is 0 Å². The Bertz CT molecular complexity index is 214. The maximum Gasteiger partial charge on any atom is 0.238 e. The van der Waals surface area contributed by atoms with Gasteiger partial charge >= 0.3 is 0 Å². The van der Waals surface area contributed by atoms with E-state index < -0.39 is 6.04 Å². The number of amides is 1. The van der Waals surface area contributed by atoms with E-state index in [4.69, 9.17) is 0 Å². The molecule has 0 aliphatic rings. The fourth-order valence-corrected chi connectivity index (χ4v) is 1.45. The minimum absolute atomic E-state index is 0. The van der Waals surface area contributed by atoms with Gasteiger partial charge in [0.15, 0.2) is 0 Å². The molecule has 1 radical (unpaired) electrons. The van der Waals surface area contributed by atoms with Crippen molar-refractivity contribution < 1.29 is 42.3 Å². The first-order valence-electron chi connectivity index (χ1n) is 4.37. The van der Waals surface area contributed by atoms with Crippen molar-refractivity contribution in [3.05, 3.63) is 0 Å². The Kier molecular flexibility index (Phi) is 10.4. The number of hydrogen-bond acceptors (Lipinski definition) is 4. The van der Waals surface area contributed by atoms with Gasteiger partial charge in [0.25, 0.3) is 0 Å². The van der Waals surface area contributed by atoms with Crippen molar-refractivity contribution in [3.8, 4) is 0 Å². The fourth-order valence-electron chi connectivity index (χ4n) is 0.967. The van der Waals surface area contributed by atoms with Crippen molar-refractivity contribution in [3.63, 3.8) is 0 Å². The summed E-state index contributed by atoms with van der Waals surface area (Å²) in [5.74, 6) is 0.322. The molecule has 2 atom stereocenters. The maximum atomic E-state index is 11.8. The number of nitrogens with zero attached hydrogens (tertiary/aromatic N) is 2. The Morgan fingerprint density at radius 2 is 1.87 bits per heavy atom. The third-order valence-electron chi connectivity index (χ3n) is 2.18. The summed E-state index contributed by atoms with van der Waals surface area (Å²) in [5.41, 5.74) is 0. The summed E-state index contributed by atoms with van der Waals surface area (Å²) < 4.78 is 0. The first kappa shape index (κ1) is 17.9. The van der Waals surface area contributed by atoms with Gasteiger partial charge in [-0.05, 0) is 14.1 Å². The van der Waals surface area contributed by atoms with Crippen LogP contribution >= 0.6 is 12.6 Å². The van der Waals surface area contributed by atoms with E-state index in [9.17, 15) is 9.59 Å². The van der Waals surface area contributed by atoms with Crippen molar-refractivity contribution in [2.75, 3.05) is 26.9 Å². The van der Waals surface area contributed by atoms with E-state index >= 15 is 0 Å². The normalized spacial score (nSPS) is 14.0. The third-order valence-corrected chi connectivity index (χ3v) is 2.53. The molecule has 0 aliphatic carbocycles. The molecule has 0 aliphatic heterocycles. The van der Waals surface area contributed by atoms with E-state index in [1.807, 2.05) is 14.1 Å². The van der Waals surface area contributed by atoms with Gasteiger partial charge in [-0.3, -0.25) is 9.69 Å². The van der Waals surface area contributed by atoms with E-state index in [0.717, 1.165) is 0 Å². The van der Waals surface area contributed by atoms with Crippen LogP contribution in [-0.2, 0) is 42.3 Å². The summed E-state index contributed by atoms with van der Waals surface area (Å²) in [6.07, 6.45) is 1.78. The first-order chi connectivity index (χ1) is 6.45. The van der Waals surface area contributed by atoms with Crippen LogP contribution in [0.15, 0.2) is 0 Å². The van der Waals surface area contributed by atoms with Crippen LogP contribution < -0.4 is 0 Å². The van der Waals surface area contributed by atoms with Crippen LogP contribution in [0, 0.1) is 0 Å². The number of carbonyl (C=O) groups is 1. The predicted molar refractivity (Wildman–Crippen MR) is 59.3 cm³/mol. The monoisotopic (exact) mass is 306 g/mol. The summed E-state index contributed by atoms with van der Waals surface area (Å²) in [4.78, 5) is 25.3. The summed E-state index contributed by atoms with van der Waals surface area (Å²) in [6.45, 7) is 1.64. The zero-order chi connectivity index (χ0) is 11.3. The molecular formula is C9H17N2O2SY-. The van der Waals surface area contributed by atoms with Crippen LogP contribution in [0.5, 0.6) is 0 Å². The zero-order valence-corrected chi connectivity index (χ0v) is 13.3. The van der Waals surface area contributed by atoms with Gasteiger partial charge in [-0.25, -0.2) is 6.29 Å². The van der Waals surface area contributed by atoms with Gasteiger partial charge in [0.1, 0.15) is 0 Å². The standard InChI is InChI=1S/C9H17N2O2S.Y/c1-7(5-12)11(4)9(13)8(6-14)10(2)3;/h7-8,14H,6H2,1-4H3;/q-1;. The summed E-state index contributed by atoms with van der Waals surface area (Å²) in [7, 11) is 5.21. The molecule has 0 aromatic heterocycles. The third kappa shape index (κ3) is 5.43. The van der Waals surface area contributed by atoms with E-state index in [2.05, 4.69) is 12.6 Å². The Hall–Kier alpha value is 0.554. The van der Waals surface area contributed by atoms with Crippen LogP contribution in [-0.4, -0.2) is 61.0 Å². The Morgan fingerprint density at radius 3 is 2.13 bits per heavy atom. The SMILES string of the molecule is CC([C-]=O)N(C)C(=O)C(CS)N(C)C.[Y]. The number of rotatable bonds is 5. The van der Waals surface area contributed by atoms with Crippen molar-refractivity contribution in [2.45, 2.75) is 19.0 Å². The molecule has 0 saturated carbocycles. The van der Waals surface area contributed by atoms with Gasteiger partial charge < -0.3 is 9.69 Å². The quantitative estimate of drug-likeness (QED) is 0.565. The summed E-state index contributed by atoms with van der Waals surface area (Å²) in [5, 5.41) is 0. The van der Waals surface area contributed by atoms with Gasteiger partial charge in [-0.2, -0.15) is 12.6 Å². The second kappa shape index (κ2) is 8.68. The van der Waals surface area contributed by atoms with Crippen LogP contribution in [0.3, 0.4) is 0 Å². The maximum absolute atomic E-state index is 11.8. The Balaban J connectivity index is 0. The Morgan fingerprint density at radius 1 is 1.40 bits per heavy atom. The van der Waals surface area contributed by atoms with E-state index in [1.54, 1.807) is 25.2 Å². The average molecular weight is 306 g/mol. The zero-order valence-electron chi connectivity index (χ0n) is 9.60.